The van der Waals surface area contributed by atoms with E-state index in [4.69, 9.17) is 14.2 Å². The number of fused-ring (bicyclic) bond motifs is 2. The molecular weight excluding hydrogens is 472 g/mol. The van der Waals surface area contributed by atoms with Crippen molar-refractivity contribution in [2.24, 2.45) is 0 Å². The highest BCUT2D eigenvalue weighted by molar-refractivity contribution is 6.52. The molecule has 1 unspecified atom stereocenters. The number of hydrogen-bond donors (Lipinski definition) is 2. The predicted molar refractivity (Wildman–Crippen MR) is 138 cm³/mol. The van der Waals surface area contributed by atoms with Crippen molar-refractivity contribution in [3.05, 3.63) is 89.6 Å². The maximum atomic E-state index is 13.5. The highest BCUT2D eigenvalue weighted by Gasteiger charge is 2.48. The Balaban J connectivity index is 1.56. The molecule has 0 saturated carbocycles. The largest absolute Gasteiger partial charge is 0.507 e. The zero-order valence-electron chi connectivity index (χ0n) is 20.2. The van der Waals surface area contributed by atoms with E-state index in [-0.39, 0.29) is 24.2 Å². The van der Waals surface area contributed by atoms with Crippen LogP contribution in [0.5, 0.6) is 17.2 Å². The first-order chi connectivity index (χ1) is 17.9. The lowest BCUT2D eigenvalue weighted by molar-refractivity contribution is -0.132. The summed E-state index contributed by atoms with van der Waals surface area (Å²) in [6, 6.07) is 18.7. The molecule has 1 fully saturated rings. The Labute approximate surface area is 212 Å². The van der Waals surface area contributed by atoms with Gasteiger partial charge in [0.25, 0.3) is 11.7 Å². The number of carbonyl (C=O) groups is 2. The van der Waals surface area contributed by atoms with Gasteiger partial charge in [0.15, 0.2) is 11.5 Å². The highest BCUT2D eigenvalue weighted by Crippen LogP contribution is 2.46. The number of anilines is 1. The number of nitrogens with zero attached hydrogens (tertiary/aromatic N) is 1. The predicted octanol–water partition coefficient (Wildman–Crippen LogP) is 5.31. The zero-order valence-corrected chi connectivity index (χ0v) is 20.2. The van der Waals surface area contributed by atoms with Gasteiger partial charge in [0.1, 0.15) is 11.5 Å². The lowest BCUT2D eigenvalue weighted by atomic mass is 9.94. The van der Waals surface area contributed by atoms with Crippen molar-refractivity contribution in [3.8, 4) is 17.2 Å². The van der Waals surface area contributed by atoms with E-state index in [0.29, 0.717) is 34.1 Å². The van der Waals surface area contributed by atoms with Crippen LogP contribution in [0, 0.1) is 0 Å². The molecule has 0 radical (unpaired) electrons. The van der Waals surface area contributed by atoms with E-state index < -0.39 is 17.7 Å². The molecule has 1 atom stereocenters. The lowest BCUT2D eigenvalue weighted by Gasteiger charge is -2.25. The third-order valence-corrected chi connectivity index (χ3v) is 6.47. The summed E-state index contributed by atoms with van der Waals surface area (Å²) < 4.78 is 16.7. The number of amides is 1. The van der Waals surface area contributed by atoms with Gasteiger partial charge in [-0.1, -0.05) is 30.3 Å². The summed E-state index contributed by atoms with van der Waals surface area (Å²) >= 11 is 0. The number of aliphatic hydroxyl groups excluding tert-OH is 1. The van der Waals surface area contributed by atoms with E-state index in [1.54, 1.807) is 48.7 Å². The molecule has 2 N–H and O–H groups in total. The number of carbonyl (C=O) groups excluding carboxylic acids is 2. The molecule has 3 aromatic carbocycles. The molecule has 0 spiro atoms. The Morgan fingerprint density at radius 2 is 1.84 bits per heavy atom. The van der Waals surface area contributed by atoms with Crippen LogP contribution in [0.1, 0.15) is 31.0 Å². The summed E-state index contributed by atoms with van der Waals surface area (Å²) in [5.74, 6) is -0.203. The van der Waals surface area contributed by atoms with Crippen LogP contribution < -0.4 is 19.1 Å². The molecule has 2 aliphatic heterocycles. The van der Waals surface area contributed by atoms with Crippen molar-refractivity contribution in [1.29, 1.82) is 0 Å². The maximum absolute atomic E-state index is 13.5. The number of nitrogens with one attached hydrogen (secondary N) is 1. The summed E-state index contributed by atoms with van der Waals surface area (Å²) in [5.41, 5.74) is 2.36. The molecule has 186 valence electrons. The number of ether oxygens (including phenoxy) is 3. The van der Waals surface area contributed by atoms with E-state index in [0.717, 1.165) is 10.9 Å². The van der Waals surface area contributed by atoms with Crippen LogP contribution in [-0.4, -0.2) is 34.7 Å². The molecule has 1 amide bonds. The van der Waals surface area contributed by atoms with Crippen LogP contribution in [0.2, 0.25) is 0 Å². The molecular formula is C29H24N2O6. The zero-order chi connectivity index (χ0) is 25.7. The smallest absolute Gasteiger partial charge is 0.300 e. The van der Waals surface area contributed by atoms with Crippen LogP contribution in [0.4, 0.5) is 5.69 Å². The maximum Gasteiger partial charge on any atom is 0.300 e. The van der Waals surface area contributed by atoms with Gasteiger partial charge < -0.3 is 24.3 Å². The molecule has 6 rings (SSSR count). The first-order valence-corrected chi connectivity index (χ1v) is 12.0. The SMILES string of the molecule is CC(C)Oc1cccc(/C(O)=C2\C(=O)C(=O)N(c3ccc4c(c3)OCO4)C2c2c[nH]c3ccccc23)c1. The Kier molecular flexibility index (Phi) is 5.37. The molecule has 37 heavy (non-hydrogen) atoms. The molecule has 2 aliphatic rings. The Morgan fingerprint density at radius 3 is 2.68 bits per heavy atom. The number of hydrogen-bond acceptors (Lipinski definition) is 6. The third kappa shape index (κ3) is 3.78. The molecule has 3 heterocycles. The second-order valence-electron chi connectivity index (χ2n) is 9.19. The van der Waals surface area contributed by atoms with E-state index >= 15 is 0 Å². The van der Waals surface area contributed by atoms with Gasteiger partial charge in [-0.15, -0.1) is 0 Å². The number of aliphatic hydroxyl groups is 1. The average Bonchev–Trinajstić information content (AvgIpc) is 3.59. The van der Waals surface area contributed by atoms with Crippen molar-refractivity contribution in [2.45, 2.75) is 26.0 Å². The molecule has 8 heteroatoms. The number of H-pyrrole nitrogens is 1. The summed E-state index contributed by atoms with van der Waals surface area (Å²) in [4.78, 5) is 31.7. The Hall–Kier alpha value is -4.72. The minimum absolute atomic E-state index is 0.00545. The second-order valence-corrected chi connectivity index (χ2v) is 9.19. The normalized spacial score (nSPS) is 18.2. The quantitative estimate of drug-likeness (QED) is 0.221. The number of rotatable bonds is 5. The van der Waals surface area contributed by atoms with Crippen LogP contribution in [0.15, 0.2) is 78.5 Å². The second kappa shape index (κ2) is 8.74. The van der Waals surface area contributed by atoms with Crippen molar-refractivity contribution in [2.75, 3.05) is 11.7 Å². The fourth-order valence-corrected chi connectivity index (χ4v) is 4.89. The van der Waals surface area contributed by atoms with Gasteiger partial charge in [0.05, 0.1) is 17.7 Å². The summed E-state index contributed by atoms with van der Waals surface area (Å²) in [7, 11) is 0. The Bertz CT molecular complexity index is 1580. The molecule has 0 bridgehead atoms. The van der Waals surface area contributed by atoms with Gasteiger partial charge in [0, 0.05) is 40.0 Å². The van der Waals surface area contributed by atoms with Crippen LogP contribution >= 0.6 is 0 Å². The summed E-state index contributed by atoms with van der Waals surface area (Å²) in [5, 5.41) is 12.3. The van der Waals surface area contributed by atoms with Crippen molar-refractivity contribution in [1.82, 2.24) is 4.98 Å². The number of para-hydroxylation sites is 1. The van der Waals surface area contributed by atoms with Crippen LogP contribution in [-0.2, 0) is 9.59 Å². The monoisotopic (exact) mass is 496 g/mol. The van der Waals surface area contributed by atoms with E-state index in [2.05, 4.69) is 4.98 Å². The highest BCUT2D eigenvalue weighted by atomic mass is 16.7. The van der Waals surface area contributed by atoms with Gasteiger partial charge in [-0.3, -0.25) is 14.5 Å². The van der Waals surface area contributed by atoms with Crippen molar-refractivity contribution in [3.63, 3.8) is 0 Å². The number of ketones is 1. The topological polar surface area (TPSA) is 101 Å². The van der Waals surface area contributed by atoms with E-state index in [1.165, 1.54) is 4.90 Å². The van der Waals surface area contributed by atoms with Crippen LogP contribution in [0.25, 0.3) is 16.7 Å². The third-order valence-electron chi connectivity index (χ3n) is 6.47. The van der Waals surface area contributed by atoms with Gasteiger partial charge in [-0.25, -0.2) is 0 Å². The standard InChI is InChI=1S/C29H24N2O6/c1-16(2)37-19-7-5-6-17(12-19)27(32)25-26(21-14-30-22-9-4-3-8-20(21)22)31(29(34)28(25)33)18-10-11-23-24(13-18)36-15-35-23/h3-14,16,26,30,32H,15H2,1-2H3/b27-25+. The number of aromatic amines is 1. The number of benzene rings is 3. The van der Waals surface area contributed by atoms with E-state index in [1.807, 2.05) is 38.1 Å². The van der Waals surface area contributed by atoms with Crippen molar-refractivity contribution >= 4 is 34.0 Å². The number of Topliss-reactive ketones (excluding diaryl/α,β-unsaturated/α-hetero) is 1. The van der Waals surface area contributed by atoms with Crippen LogP contribution in [0.3, 0.4) is 0 Å². The molecule has 1 aromatic heterocycles. The minimum atomic E-state index is -0.883. The minimum Gasteiger partial charge on any atom is -0.507 e. The summed E-state index contributed by atoms with van der Waals surface area (Å²) in [6.45, 7) is 3.89. The Morgan fingerprint density at radius 1 is 1.03 bits per heavy atom. The molecule has 1 saturated heterocycles. The average molecular weight is 497 g/mol. The molecule has 0 aliphatic carbocycles. The van der Waals surface area contributed by atoms with Gasteiger partial charge in [-0.2, -0.15) is 0 Å². The number of aromatic nitrogens is 1. The fraction of sp³-hybridized carbons (Fsp3) is 0.172. The molecule has 8 nitrogen and oxygen atoms in total. The van der Waals surface area contributed by atoms with Gasteiger partial charge in [-0.05, 0) is 44.2 Å². The first kappa shape index (κ1) is 22.7. The fourth-order valence-electron chi connectivity index (χ4n) is 4.89. The van der Waals surface area contributed by atoms with Gasteiger partial charge >= 0.3 is 0 Å². The van der Waals surface area contributed by atoms with Gasteiger partial charge in [0.2, 0.25) is 6.79 Å². The first-order valence-electron chi connectivity index (χ1n) is 12.0. The summed E-state index contributed by atoms with van der Waals surface area (Å²) in [6.07, 6.45) is 1.70. The van der Waals surface area contributed by atoms with Crippen molar-refractivity contribution < 1.29 is 28.9 Å². The van der Waals surface area contributed by atoms with E-state index in [9.17, 15) is 14.7 Å². The lowest BCUT2D eigenvalue weighted by Crippen LogP contribution is -2.29. The molecule has 4 aromatic rings.